The number of aliphatic carboxylic acids is 1. The second-order valence-electron chi connectivity index (χ2n) is 4.75. The molecule has 2 N–H and O–H groups in total. The lowest BCUT2D eigenvalue weighted by molar-refractivity contribution is -0.137. The fraction of sp³-hybridized carbons (Fsp3) is 0.385. The van der Waals surface area contributed by atoms with Crippen LogP contribution in [0.3, 0.4) is 0 Å². The molecule has 5 nitrogen and oxygen atoms in total. The molecular weight excluding hydrogens is 270 g/mol. The Bertz CT molecular complexity index is 532. The molecule has 20 heavy (non-hydrogen) atoms. The van der Waals surface area contributed by atoms with Gasteiger partial charge in [0.2, 0.25) is 0 Å². The second-order valence-corrected chi connectivity index (χ2v) is 4.75. The van der Waals surface area contributed by atoms with Crippen LogP contribution < -0.4 is 5.32 Å². The van der Waals surface area contributed by atoms with Crippen LogP contribution in [0.4, 0.5) is 19.3 Å². The molecule has 0 atom stereocenters. The van der Waals surface area contributed by atoms with E-state index in [1.807, 2.05) is 0 Å². The maximum Gasteiger partial charge on any atom is 0.323 e. The lowest BCUT2D eigenvalue weighted by Gasteiger charge is -2.21. The van der Waals surface area contributed by atoms with Crippen LogP contribution >= 0.6 is 0 Å². The van der Waals surface area contributed by atoms with Gasteiger partial charge in [-0.1, -0.05) is 6.07 Å². The van der Waals surface area contributed by atoms with E-state index in [0.29, 0.717) is 6.54 Å². The average molecular weight is 284 g/mol. The monoisotopic (exact) mass is 284 g/mol. The first-order valence-corrected chi connectivity index (χ1v) is 6.19. The van der Waals surface area contributed by atoms with E-state index in [-0.39, 0.29) is 11.6 Å². The minimum Gasteiger partial charge on any atom is -0.480 e. The molecule has 2 amide bonds. The minimum absolute atomic E-state index is 0.289. The summed E-state index contributed by atoms with van der Waals surface area (Å²) in [6.07, 6.45) is 1.88. The van der Waals surface area contributed by atoms with Gasteiger partial charge in [0.05, 0.1) is 5.69 Å². The first-order chi connectivity index (χ1) is 9.47. The quantitative estimate of drug-likeness (QED) is 0.871. The number of halogens is 2. The largest absolute Gasteiger partial charge is 0.480 e. The van der Waals surface area contributed by atoms with Gasteiger partial charge in [-0.05, 0) is 30.9 Å². The summed E-state index contributed by atoms with van der Waals surface area (Å²) in [4.78, 5) is 23.8. The van der Waals surface area contributed by atoms with Gasteiger partial charge in [-0.15, -0.1) is 0 Å². The third-order valence-electron chi connectivity index (χ3n) is 2.98. The van der Waals surface area contributed by atoms with Crippen LogP contribution in [0.25, 0.3) is 0 Å². The number of amides is 2. The fourth-order valence-corrected chi connectivity index (χ4v) is 1.79. The van der Waals surface area contributed by atoms with E-state index >= 15 is 0 Å². The number of carbonyl (C=O) groups is 2. The smallest absolute Gasteiger partial charge is 0.323 e. The number of nitrogens with zero attached hydrogens (tertiary/aromatic N) is 1. The minimum atomic E-state index is -1.16. The number of benzene rings is 1. The van der Waals surface area contributed by atoms with E-state index in [9.17, 15) is 18.4 Å². The summed E-state index contributed by atoms with van der Waals surface area (Å²) in [7, 11) is 0. The van der Waals surface area contributed by atoms with Gasteiger partial charge in [0.25, 0.3) is 0 Å². The zero-order valence-electron chi connectivity index (χ0n) is 10.6. The van der Waals surface area contributed by atoms with Gasteiger partial charge in [0.1, 0.15) is 6.54 Å². The summed E-state index contributed by atoms with van der Waals surface area (Å²) in [6.45, 7) is -0.172. The fourth-order valence-electron chi connectivity index (χ4n) is 1.79. The van der Waals surface area contributed by atoms with Crippen LogP contribution in [0, 0.1) is 17.6 Å². The summed E-state index contributed by atoms with van der Waals surface area (Å²) in [5, 5.41) is 11.0. The Morgan fingerprint density at radius 2 is 2.05 bits per heavy atom. The van der Waals surface area contributed by atoms with Gasteiger partial charge < -0.3 is 15.3 Å². The highest BCUT2D eigenvalue weighted by Gasteiger charge is 2.28. The number of rotatable bonds is 5. The van der Waals surface area contributed by atoms with Crippen molar-refractivity contribution >= 4 is 17.7 Å². The Morgan fingerprint density at radius 3 is 2.65 bits per heavy atom. The van der Waals surface area contributed by atoms with Crippen LogP contribution in [0.2, 0.25) is 0 Å². The highest BCUT2D eigenvalue weighted by Crippen LogP contribution is 2.30. The maximum absolute atomic E-state index is 13.4. The van der Waals surface area contributed by atoms with Crippen LogP contribution in [0.15, 0.2) is 18.2 Å². The van der Waals surface area contributed by atoms with E-state index in [4.69, 9.17) is 5.11 Å². The molecule has 0 unspecified atom stereocenters. The zero-order chi connectivity index (χ0) is 14.7. The summed E-state index contributed by atoms with van der Waals surface area (Å²) < 4.78 is 26.5. The molecule has 0 aromatic heterocycles. The molecule has 1 aromatic rings. The number of hydrogen-bond acceptors (Lipinski definition) is 2. The number of urea groups is 1. The molecule has 0 saturated heterocycles. The molecule has 7 heteroatoms. The molecule has 0 radical (unpaired) electrons. The Morgan fingerprint density at radius 1 is 1.35 bits per heavy atom. The normalized spacial score (nSPS) is 13.9. The van der Waals surface area contributed by atoms with Crippen molar-refractivity contribution in [3.05, 3.63) is 29.8 Å². The summed E-state index contributed by atoms with van der Waals surface area (Å²) in [6, 6.07) is 2.66. The van der Waals surface area contributed by atoms with Crippen LogP contribution in [-0.2, 0) is 4.79 Å². The number of nitrogens with one attached hydrogen (secondary N) is 1. The van der Waals surface area contributed by atoms with E-state index < -0.39 is 30.2 Å². The van der Waals surface area contributed by atoms with Crippen LogP contribution in [0.5, 0.6) is 0 Å². The first-order valence-electron chi connectivity index (χ1n) is 6.19. The van der Waals surface area contributed by atoms with Gasteiger partial charge in [-0.3, -0.25) is 4.79 Å². The second kappa shape index (κ2) is 5.85. The number of carbonyl (C=O) groups excluding carboxylic acids is 1. The van der Waals surface area contributed by atoms with Gasteiger partial charge >= 0.3 is 12.0 Å². The SMILES string of the molecule is O=C(O)CN(CC1CC1)C(=O)Nc1cccc(F)c1F. The van der Waals surface area contributed by atoms with E-state index in [2.05, 4.69) is 5.32 Å². The number of anilines is 1. The van der Waals surface area contributed by atoms with Crippen LogP contribution in [-0.4, -0.2) is 35.1 Å². The lowest BCUT2D eigenvalue weighted by Crippen LogP contribution is -2.40. The van der Waals surface area contributed by atoms with Crippen molar-refractivity contribution in [3.8, 4) is 0 Å². The highest BCUT2D eigenvalue weighted by atomic mass is 19.2. The summed E-state index contributed by atoms with van der Waals surface area (Å²) >= 11 is 0. The third kappa shape index (κ3) is 3.66. The number of carboxylic acids is 1. The molecule has 1 aromatic carbocycles. The zero-order valence-corrected chi connectivity index (χ0v) is 10.6. The molecule has 0 heterocycles. The molecule has 108 valence electrons. The van der Waals surface area contributed by atoms with Gasteiger partial charge in [0.15, 0.2) is 11.6 Å². The Balaban J connectivity index is 2.06. The molecule has 1 aliphatic carbocycles. The maximum atomic E-state index is 13.4. The number of carboxylic acid groups (broad SMARTS) is 1. The van der Waals surface area contributed by atoms with Crippen molar-refractivity contribution in [1.29, 1.82) is 0 Å². The van der Waals surface area contributed by atoms with Crippen molar-refractivity contribution in [2.24, 2.45) is 5.92 Å². The average Bonchev–Trinajstić information content (AvgIpc) is 3.17. The Hall–Kier alpha value is -2.18. The van der Waals surface area contributed by atoms with Gasteiger partial charge in [-0.25, -0.2) is 13.6 Å². The van der Waals surface area contributed by atoms with Crippen molar-refractivity contribution in [2.45, 2.75) is 12.8 Å². The Labute approximate surface area is 114 Å². The summed E-state index contributed by atoms with van der Waals surface area (Å²) in [5.74, 6) is -3.10. The standard InChI is InChI=1S/C13H14F2N2O3/c14-9-2-1-3-10(12(9)15)16-13(20)17(7-11(18)19)6-8-4-5-8/h1-3,8H,4-7H2,(H,16,20)(H,18,19). The molecule has 1 saturated carbocycles. The molecule has 2 rings (SSSR count). The lowest BCUT2D eigenvalue weighted by atomic mass is 10.3. The van der Waals surface area contributed by atoms with E-state index in [1.54, 1.807) is 0 Å². The van der Waals surface area contributed by atoms with E-state index in [0.717, 1.165) is 23.8 Å². The molecule has 1 fully saturated rings. The van der Waals surface area contributed by atoms with Crippen molar-refractivity contribution in [1.82, 2.24) is 4.90 Å². The molecule has 1 aliphatic rings. The number of hydrogen-bond donors (Lipinski definition) is 2. The molecular formula is C13H14F2N2O3. The molecule has 0 bridgehead atoms. The first kappa shape index (κ1) is 14.2. The molecule has 0 spiro atoms. The van der Waals surface area contributed by atoms with Crippen molar-refractivity contribution in [3.63, 3.8) is 0 Å². The predicted molar refractivity (Wildman–Crippen MR) is 67.3 cm³/mol. The van der Waals surface area contributed by atoms with Crippen molar-refractivity contribution < 1.29 is 23.5 Å². The van der Waals surface area contributed by atoms with Gasteiger partial charge in [-0.2, -0.15) is 0 Å². The Kier molecular flexibility index (Phi) is 4.16. The highest BCUT2D eigenvalue weighted by molar-refractivity contribution is 5.91. The van der Waals surface area contributed by atoms with Crippen LogP contribution in [0.1, 0.15) is 12.8 Å². The molecule has 0 aliphatic heterocycles. The summed E-state index contributed by atoms with van der Waals surface area (Å²) in [5.41, 5.74) is -0.304. The topological polar surface area (TPSA) is 69.6 Å². The van der Waals surface area contributed by atoms with Gasteiger partial charge in [0, 0.05) is 6.54 Å². The van der Waals surface area contributed by atoms with Crippen molar-refractivity contribution in [2.75, 3.05) is 18.4 Å². The predicted octanol–water partition coefficient (Wildman–Crippen LogP) is 2.29. The third-order valence-corrected chi connectivity index (χ3v) is 2.98. The van der Waals surface area contributed by atoms with E-state index in [1.165, 1.54) is 12.1 Å².